The van der Waals surface area contributed by atoms with Crippen LogP contribution in [0.25, 0.3) is 0 Å². The van der Waals surface area contributed by atoms with Gasteiger partial charge in [0.25, 0.3) is 0 Å². The van der Waals surface area contributed by atoms with Gasteiger partial charge in [-0.05, 0) is 11.1 Å². The molecule has 56 valence electrons. The van der Waals surface area contributed by atoms with E-state index in [9.17, 15) is 4.79 Å². The van der Waals surface area contributed by atoms with Crippen LogP contribution in [0.15, 0.2) is 24.3 Å². The third kappa shape index (κ3) is 1.02. The maximum Gasteiger partial charge on any atom is 0.155 e. The SMILES string of the molecule is O=C1Cc2ccccc2[C@@H]1Br. The topological polar surface area (TPSA) is 17.1 Å². The van der Waals surface area contributed by atoms with E-state index in [0.29, 0.717) is 6.42 Å². The highest BCUT2D eigenvalue weighted by atomic mass is 79.9. The first-order valence-electron chi connectivity index (χ1n) is 3.53. The molecule has 1 aliphatic carbocycles. The van der Waals surface area contributed by atoms with Gasteiger partial charge in [-0.2, -0.15) is 0 Å². The first kappa shape index (κ1) is 7.04. The number of fused-ring (bicyclic) bond motifs is 1. The number of carbonyl (C=O) groups is 1. The van der Waals surface area contributed by atoms with Crippen LogP contribution in [0.5, 0.6) is 0 Å². The Hall–Kier alpha value is -0.630. The fourth-order valence-corrected chi connectivity index (χ4v) is 2.00. The minimum atomic E-state index is -0.0568. The van der Waals surface area contributed by atoms with E-state index in [0.717, 1.165) is 5.56 Å². The molecule has 0 amide bonds. The summed E-state index contributed by atoms with van der Waals surface area (Å²) < 4.78 is 0. The van der Waals surface area contributed by atoms with Crippen LogP contribution in [0.4, 0.5) is 0 Å². The number of rotatable bonds is 0. The Morgan fingerprint density at radius 2 is 2.09 bits per heavy atom. The third-order valence-corrected chi connectivity index (χ3v) is 2.98. The predicted octanol–water partition coefficient (Wildman–Crippen LogP) is 2.25. The summed E-state index contributed by atoms with van der Waals surface area (Å²) in [4.78, 5) is 11.1. The van der Waals surface area contributed by atoms with E-state index in [1.165, 1.54) is 5.56 Å². The van der Waals surface area contributed by atoms with Gasteiger partial charge < -0.3 is 0 Å². The Bertz CT molecular complexity index is 306. The van der Waals surface area contributed by atoms with Gasteiger partial charge in [-0.1, -0.05) is 40.2 Å². The Balaban J connectivity index is 2.55. The lowest BCUT2D eigenvalue weighted by molar-refractivity contribution is -0.117. The molecule has 0 aliphatic heterocycles. The number of ketones is 1. The predicted molar refractivity (Wildman–Crippen MR) is 46.8 cm³/mol. The minimum absolute atomic E-state index is 0.0568. The van der Waals surface area contributed by atoms with Gasteiger partial charge in [0.15, 0.2) is 5.78 Å². The number of carbonyl (C=O) groups excluding carboxylic acids is 1. The van der Waals surface area contributed by atoms with Gasteiger partial charge >= 0.3 is 0 Å². The standard InChI is InChI=1S/C9H7BrO/c10-9-7-4-2-1-3-6(7)5-8(9)11/h1-4,9H,5H2/t9-/m0/s1. The van der Waals surface area contributed by atoms with E-state index in [1.54, 1.807) is 0 Å². The Labute approximate surface area is 73.5 Å². The Kier molecular flexibility index (Phi) is 1.57. The fraction of sp³-hybridized carbons (Fsp3) is 0.222. The van der Waals surface area contributed by atoms with Gasteiger partial charge in [-0.25, -0.2) is 0 Å². The van der Waals surface area contributed by atoms with Crippen LogP contribution >= 0.6 is 15.9 Å². The second kappa shape index (κ2) is 2.45. The van der Waals surface area contributed by atoms with Crippen molar-refractivity contribution in [1.82, 2.24) is 0 Å². The zero-order chi connectivity index (χ0) is 7.84. The molecular weight excluding hydrogens is 204 g/mol. The number of halogens is 1. The monoisotopic (exact) mass is 210 g/mol. The van der Waals surface area contributed by atoms with Crippen molar-refractivity contribution in [3.05, 3.63) is 35.4 Å². The number of hydrogen-bond acceptors (Lipinski definition) is 1. The molecule has 0 spiro atoms. The van der Waals surface area contributed by atoms with E-state index in [4.69, 9.17) is 0 Å². The lowest BCUT2D eigenvalue weighted by Gasteiger charge is -1.98. The normalized spacial score (nSPS) is 21.9. The molecule has 0 aromatic heterocycles. The van der Waals surface area contributed by atoms with E-state index >= 15 is 0 Å². The molecule has 2 heteroatoms. The number of hydrogen-bond donors (Lipinski definition) is 0. The summed E-state index contributed by atoms with van der Waals surface area (Å²) in [7, 11) is 0. The van der Waals surface area contributed by atoms with Gasteiger partial charge in [0, 0.05) is 6.42 Å². The molecule has 2 rings (SSSR count). The molecule has 1 aromatic rings. The second-order valence-corrected chi connectivity index (χ2v) is 3.62. The molecule has 0 bridgehead atoms. The molecule has 0 unspecified atom stereocenters. The number of alkyl halides is 1. The minimum Gasteiger partial charge on any atom is -0.298 e. The molecule has 0 radical (unpaired) electrons. The fourth-order valence-electron chi connectivity index (χ4n) is 1.39. The lowest BCUT2D eigenvalue weighted by atomic mass is 10.1. The largest absolute Gasteiger partial charge is 0.298 e. The summed E-state index contributed by atoms with van der Waals surface area (Å²) >= 11 is 3.35. The summed E-state index contributed by atoms with van der Waals surface area (Å²) in [6, 6.07) is 7.94. The molecule has 1 aromatic carbocycles. The third-order valence-electron chi connectivity index (χ3n) is 1.98. The second-order valence-electron chi connectivity index (χ2n) is 2.70. The summed E-state index contributed by atoms with van der Waals surface area (Å²) in [6.07, 6.45) is 0.589. The van der Waals surface area contributed by atoms with Crippen LogP contribution in [-0.2, 0) is 11.2 Å². The van der Waals surface area contributed by atoms with Crippen molar-refractivity contribution in [2.24, 2.45) is 0 Å². The molecule has 1 nitrogen and oxygen atoms in total. The molecule has 0 saturated carbocycles. The van der Waals surface area contributed by atoms with Gasteiger partial charge in [-0.15, -0.1) is 0 Å². The molecule has 11 heavy (non-hydrogen) atoms. The van der Waals surface area contributed by atoms with Crippen molar-refractivity contribution in [1.29, 1.82) is 0 Å². The average molecular weight is 211 g/mol. The summed E-state index contributed by atoms with van der Waals surface area (Å²) in [5, 5.41) is 0. The van der Waals surface area contributed by atoms with Crippen LogP contribution in [0, 0.1) is 0 Å². The maximum absolute atomic E-state index is 11.2. The van der Waals surface area contributed by atoms with Gasteiger partial charge in [0.05, 0.1) is 4.83 Å². The lowest BCUT2D eigenvalue weighted by Crippen LogP contribution is -1.96. The zero-order valence-corrected chi connectivity index (χ0v) is 7.47. The van der Waals surface area contributed by atoms with Crippen LogP contribution in [-0.4, -0.2) is 5.78 Å². The van der Waals surface area contributed by atoms with Crippen molar-refractivity contribution in [3.8, 4) is 0 Å². The molecular formula is C9H7BrO. The molecule has 1 atom stereocenters. The van der Waals surface area contributed by atoms with Crippen molar-refractivity contribution >= 4 is 21.7 Å². The van der Waals surface area contributed by atoms with E-state index in [2.05, 4.69) is 15.9 Å². The van der Waals surface area contributed by atoms with E-state index < -0.39 is 0 Å². The molecule has 1 aliphatic rings. The number of Topliss-reactive ketones (excluding diaryl/α,β-unsaturated/α-hetero) is 1. The maximum atomic E-state index is 11.2. The number of benzene rings is 1. The van der Waals surface area contributed by atoms with Crippen molar-refractivity contribution in [2.45, 2.75) is 11.2 Å². The van der Waals surface area contributed by atoms with Crippen LogP contribution in [0.2, 0.25) is 0 Å². The van der Waals surface area contributed by atoms with Gasteiger partial charge in [-0.3, -0.25) is 4.79 Å². The Morgan fingerprint density at radius 3 is 2.82 bits per heavy atom. The van der Waals surface area contributed by atoms with Crippen LogP contribution in [0.3, 0.4) is 0 Å². The zero-order valence-electron chi connectivity index (χ0n) is 5.88. The average Bonchev–Trinajstić information content (AvgIpc) is 2.30. The van der Waals surface area contributed by atoms with Gasteiger partial charge in [0.1, 0.15) is 0 Å². The smallest absolute Gasteiger partial charge is 0.155 e. The molecule has 0 fully saturated rings. The first-order chi connectivity index (χ1) is 5.29. The first-order valence-corrected chi connectivity index (χ1v) is 4.45. The van der Waals surface area contributed by atoms with Gasteiger partial charge in [0.2, 0.25) is 0 Å². The van der Waals surface area contributed by atoms with Crippen molar-refractivity contribution in [2.75, 3.05) is 0 Å². The highest BCUT2D eigenvalue weighted by Crippen LogP contribution is 2.34. The molecule has 0 heterocycles. The summed E-state index contributed by atoms with van der Waals surface area (Å²) in [5.41, 5.74) is 2.30. The molecule has 0 N–H and O–H groups in total. The Morgan fingerprint density at radius 1 is 1.36 bits per heavy atom. The highest BCUT2D eigenvalue weighted by Gasteiger charge is 2.27. The highest BCUT2D eigenvalue weighted by molar-refractivity contribution is 9.09. The van der Waals surface area contributed by atoms with E-state index in [1.807, 2.05) is 24.3 Å². The van der Waals surface area contributed by atoms with Crippen LogP contribution < -0.4 is 0 Å². The quantitative estimate of drug-likeness (QED) is 0.601. The summed E-state index contributed by atoms with van der Waals surface area (Å²) in [5.74, 6) is 0.270. The molecule has 0 saturated heterocycles. The van der Waals surface area contributed by atoms with Crippen LogP contribution in [0.1, 0.15) is 16.0 Å². The summed E-state index contributed by atoms with van der Waals surface area (Å²) in [6.45, 7) is 0. The van der Waals surface area contributed by atoms with Crippen molar-refractivity contribution in [3.63, 3.8) is 0 Å². The van der Waals surface area contributed by atoms with E-state index in [-0.39, 0.29) is 10.6 Å². The van der Waals surface area contributed by atoms with Crippen molar-refractivity contribution < 1.29 is 4.79 Å².